The minimum absolute atomic E-state index is 0.205. The van der Waals surface area contributed by atoms with Crippen LogP contribution in [0.3, 0.4) is 0 Å². The van der Waals surface area contributed by atoms with Gasteiger partial charge in [0.15, 0.2) is 0 Å². The summed E-state index contributed by atoms with van der Waals surface area (Å²) in [5.41, 5.74) is 0.971. The van der Waals surface area contributed by atoms with E-state index in [1.807, 2.05) is 12.1 Å². The first-order valence-corrected chi connectivity index (χ1v) is 8.17. The molecule has 2 N–H and O–H groups in total. The van der Waals surface area contributed by atoms with Gasteiger partial charge >= 0.3 is 0 Å². The number of aromatic hydroxyl groups is 1. The van der Waals surface area contributed by atoms with Crippen molar-refractivity contribution in [2.75, 3.05) is 20.1 Å². The number of benzene rings is 1. The van der Waals surface area contributed by atoms with Crippen molar-refractivity contribution >= 4 is 15.9 Å². The lowest BCUT2D eigenvalue weighted by molar-refractivity contribution is 0.267. The number of nitrogens with one attached hydrogen (secondary N) is 1. The summed E-state index contributed by atoms with van der Waals surface area (Å²) in [5, 5.41) is 13.5. The second kappa shape index (κ2) is 8.65. The molecule has 0 radical (unpaired) electrons. The van der Waals surface area contributed by atoms with Gasteiger partial charge < -0.3 is 15.3 Å². The van der Waals surface area contributed by atoms with E-state index in [1.165, 1.54) is 0 Å². The first kappa shape index (κ1) is 17.5. The van der Waals surface area contributed by atoms with Crippen molar-refractivity contribution in [2.24, 2.45) is 0 Å². The number of hydrogen-bond acceptors (Lipinski definition) is 3. The van der Waals surface area contributed by atoms with Crippen LogP contribution in [0, 0.1) is 0 Å². The Balaban J connectivity index is 2.49. The van der Waals surface area contributed by atoms with Gasteiger partial charge in [-0.05, 0) is 65.0 Å². The molecule has 0 aliphatic carbocycles. The topological polar surface area (TPSA) is 35.5 Å². The van der Waals surface area contributed by atoms with E-state index in [-0.39, 0.29) is 6.04 Å². The Bertz CT molecular complexity index is 409. The number of hydrogen-bond donors (Lipinski definition) is 2. The molecule has 0 fully saturated rings. The van der Waals surface area contributed by atoms with Gasteiger partial charge in [-0.2, -0.15) is 0 Å². The van der Waals surface area contributed by atoms with Crippen molar-refractivity contribution in [3.05, 3.63) is 28.2 Å². The third kappa shape index (κ3) is 5.43. The van der Waals surface area contributed by atoms with Crippen LogP contribution in [0.1, 0.15) is 45.2 Å². The summed E-state index contributed by atoms with van der Waals surface area (Å²) in [6, 6.07) is 6.40. The van der Waals surface area contributed by atoms with E-state index in [4.69, 9.17) is 0 Å². The van der Waals surface area contributed by atoms with E-state index in [0.717, 1.165) is 36.0 Å². The van der Waals surface area contributed by atoms with E-state index in [1.54, 1.807) is 6.07 Å². The summed E-state index contributed by atoms with van der Waals surface area (Å²) in [6.07, 6.45) is 2.07. The molecule has 4 heteroatoms. The summed E-state index contributed by atoms with van der Waals surface area (Å²) < 4.78 is 1.00. The molecule has 0 saturated carbocycles. The summed E-state index contributed by atoms with van der Waals surface area (Å²) >= 11 is 3.47. The molecule has 0 saturated heterocycles. The summed E-state index contributed by atoms with van der Waals surface area (Å²) in [4.78, 5) is 2.35. The van der Waals surface area contributed by atoms with E-state index in [2.05, 4.69) is 54.0 Å². The Morgan fingerprint density at radius 2 is 2.05 bits per heavy atom. The highest BCUT2D eigenvalue weighted by Gasteiger charge is 2.13. The normalized spacial score (nSPS) is 13.2. The minimum atomic E-state index is 0.205. The minimum Gasteiger partial charge on any atom is -0.508 e. The monoisotopic (exact) mass is 342 g/mol. The Morgan fingerprint density at radius 3 is 2.65 bits per heavy atom. The van der Waals surface area contributed by atoms with Crippen LogP contribution in [-0.2, 0) is 0 Å². The molecule has 20 heavy (non-hydrogen) atoms. The summed E-state index contributed by atoms with van der Waals surface area (Å²) in [7, 11) is 2.15. The Hall–Kier alpha value is -0.580. The zero-order chi connectivity index (χ0) is 15.1. The number of nitrogens with zero attached hydrogens (tertiary/aromatic N) is 1. The Kier molecular flexibility index (Phi) is 7.56. The zero-order valence-corrected chi connectivity index (χ0v) is 14.6. The van der Waals surface area contributed by atoms with Crippen LogP contribution in [0.5, 0.6) is 5.75 Å². The average molecular weight is 343 g/mol. The molecular weight excluding hydrogens is 316 g/mol. The molecular formula is C16H27BrN2O. The van der Waals surface area contributed by atoms with Crippen LogP contribution in [-0.4, -0.2) is 36.2 Å². The highest BCUT2D eigenvalue weighted by atomic mass is 79.9. The van der Waals surface area contributed by atoms with E-state index < -0.39 is 0 Å². The van der Waals surface area contributed by atoms with Crippen molar-refractivity contribution < 1.29 is 5.11 Å². The maximum absolute atomic E-state index is 9.98. The lowest BCUT2D eigenvalue weighted by Gasteiger charge is -2.22. The Labute approximate surface area is 131 Å². The van der Waals surface area contributed by atoms with Gasteiger partial charge in [0, 0.05) is 22.1 Å². The SMILES string of the molecule is CCC(NCCCN(C)C(C)C)c1cc(Br)ccc1O. The van der Waals surface area contributed by atoms with Gasteiger partial charge in [0.05, 0.1) is 0 Å². The van der Waals surface area contributed by atoms with Crippen LogP contribution in [0.25, 0.3) is 0 Å². The van der Waals surface area contributed by atoms with E-state index >= 15 is 0 Å². The second-order valence-corrected chi connectivity index (χ2v) is 6.46. The molecule has 0 aliphatic heterocycles. The van der Waals surface area contributed by atoms with Crippen LogP contribution in [0.4, 0.5) is 0 Å². The number of rotatable bonds is 8. The van der Waals surface area contributed by atoms with Gasteiger partial charge in [-0.3, -0.25) is 0 Å². The van der Waals surface area contributed by atoms with Gasteiger partial charge in [0.1, 0.15) is 5.75 Å². The molecule has 0 amide bonds. The fourth-order valence-electron chi connectivity index (χ4n) is 2.14. The standard InChI is InChI=1S/C16H27BrN2O/c1-5-15(14-11-13(17)7-8-16(14)20)18-9-6-10-19(4)12(2)3/h7-8,11-12,15,18,20H,5-6,9-10H2,1-4H3. The molecule has 1 aromatic carbocycles. The summed E-state index contributed by atoms with van der Waals surface area (Å²) in [6.45, 7) is 8.61. The highest BCUT2D eigenvalue weighted by Crippen LogP contribution is 2.29. The molecule has 1 aromatic rings. The molecule has 0 aliphatic rings. The quantitative estimate of drug-likeness (QED) is 0.702. The lowest BCUT2D eigenvalue weighted by Crippen LogP contribution is -2.30. The fraction of sp³-hybridized carbons (Fsp3) is 0.625. The van der Waals surface area contributed by atoms with Crippen LogP contribution < -0.4 is 5.32 Å². The van der Waals surface area contributed by atoms with Crippen molar-refractivity contribution in [3.63, 3.8) is 0 Å². The molecule has 0 aromatic heterocycles. The zero-order valence-electron chi connectivity index (χ0n) is 13.0. The first-order chi connectivity index (χ1) is 9.45. The van der Waals surface area contributed by atoms with Gasteiger partial charge in [-0.1, -0.05) is 22.9 Å². The van der Waals surface area contributed by atoms with Crippen LogP contribution in [0.2, 0.25) is 0 Å². The van der Waals surface area contributed by atoms with Crippen molar-refractivity contribution in [1.82, 2.24) is 10.2 Å². The van der Waals surface area contributed by atoms with E-state index in [9.17, 15) is 5.11 Å². The lowest BCUT2D eigenvalue weighted by atomic mass is 10.0. The van der Waals surface area contributed by atoms with Crippen molar-refractivity contribution in [1.29, 1.82) is 0 Å². The Morgan fingerprint density at radius 1 is 1.35 bits per heavy atom. The van der Waals surface area contributed by atoms with Crippen molar-refractivity contribution in [2.45, 2.75) is 45.7 Å². The predicted octanol–water partition coefficient (Wildman–Crippen LogP) is 3.93. The first-order valence-electron chi connectivity index (χ1n) is 7.37. The van der Waals surface area contributed by atoms with Gasteiger partial charge in [-0.25, -0.2) is 0 Å². The number of phenolic OH excluding ortho intramolecular Hbond substituents is 1. The third-order valence-electron chi connectivity index (χ3n) is 3.73. The molecule has 1 atom stereocenters. The maximum Gasteiger partial charge on any atom is 0.120 e. The largest absolute Gasteiger partial charge is 0.508 e. The molecule has 0 spiro atoms. The smallest absolute Gasteiger partial charge is 0.120 e. The molecule has 3 nitrogen and oxygen atoms in total. The fourth-order valence-corrected chi connectivity index (χ4v) is 2.52. The maximum atomic E-state index is 9.98. The summed E-state index contributed by atoms with van der Waals surface area (Å²) in [5.74, 6) is 0.367. The predicted molar refractivity (Wildman–Crippen MR) is 89.2 cm³/mol. The number of phenols is 1. The molecule has 1 rings (SSSR count). The molecule has 114 valence electrons. The highest BCUT2D eigenvalue weighted by molar-refractivity contribution is 9.10. The third-order valence-corrected chi connectivity index (χ3v) is 4.23. The molecule has 0 bridgehead atoms. The van der Waals surface area contributed by atoms with Gasteiger partial charge in [0.2, 0.25) is 0 Å². The number of halogens is 1. The molecule has 0 heterocycles. The second-order valence-electron chi connectivity index (χ2n) is 5.55. The van der Waals surface area contributed by atoms with Gasteiger partial charge in [0.25, 0.3) is 0 Å². The van der Waals surface area contributed by atoms with E-state index in [0.29, 0.717) is 11.8 Å². The van der Waals surface area contributed by atoms with Crippen molar-refractivity contribution in [3.8, 4) is 5.75 Å². The van der Waals surface area contributed by atoms with Gasteiger partial charge in [-0.15, -0.1) is 0 Å². The van der Waals surface area contributed by atoms with Crippen LogP contribution in [0.15, 0.2) is 22.7 Å². The van der Waals surface area contributed by atoms with Crippen LogP contribution >= 0.6 is 15.9 Å². The molecule has 1 unspecified atom stereocenters. The average Bonchev–Trinajstić information content (AvgIpc) is 2.41.